The molecule has 1 unspecified atom stereocenters. The maximum atomic E-state index is 10.6. The van der Waals surface area contributed by atoms with Gasteiger partial charge >= 0.3 is 0 Å². The summed E-state index contributed by atoms with van der Waals surface area (Å²) in [4.78, 5) is 16.2. The van der Waals surface area contributed by atoms with Crippen molar-refractivity contribution in [2.24, 2.45) is 0 Å². The van der Waals surface area contributed by atoms with E-state index in [1.54, 1.807) is 6.92 Å². The van der Waals surface area contributed by atoms with Crippen LogP contribution >= 0.6 is 15.9 Å². The Kier molecular flexibility index (Phi) is 3.54. The van der Waals surface area contributed by atoms with Gasteiger partial charge in [0.05, 0.1) is 15.0 Å². The van der Waals surface area contributed by atoms with E-state index in [0.29, 0.717) is 16.8 Å². The van der Waals surface area contributed by atoms with Crippen molar-refractivity contribution in [1.82, 2.24) is 4.98 Å². The van der Waals surface area contributed by atoms with Crippen molar-refractivity contribution in [3.63, 3.8) is 0 Å². The number of hydrogen-bond acceptors (Lipinski definition) is 5. The Morgan fingerprint density at radius 3 is 2.94 bits per heavy atom. The molecule has 0 spiro atoms. The maximum absolute atomic E-state index is 10.6. The minimum Gasteiger partial charge on any atom is -0.388 e. The van der Waals surface area contributed by atoms with Crippen LogP contribution in [-0.4, -0.2) is 33.7 Å². The normalized spacial score (nSPS) is 24.1. The maximum Gasteiger partial charge on any atom is 0.288 e. The summed E-state index contributed by atoms with van der Waals surface area (Å²) in [6, 6.07) is 1.44. The molecule has 2 rings (SSSR count). The zero-order valence-electron chi connectivity index (χ0n) is 9.97. The average molecular weight is 316 g/mol. The number of anilines is 1. The van der Waals surface area contributed by atoms with E-state index in [0.717, 1.165) is 19.4 Å². The highest BCUT2D eigenvalue weighted by Gasteiger charge is 2.30. The number of nitro groups is 1. The van der Waals surface area contributed by atoms with Crippen LogP contribution in [0.2, 0.25) is 0 Å². The van der Waals surface area contributed by atoms with Crippen molar-refractivity contribution < 1.29 is 10.0 Å². The van der Waals surface area contributed by atoms with Crippen LogP contribution in [0.3, 0.4) is 0 Å². The Morgan fingerprint density at radius 2 is 2.39 bits per heavy atom. The largest absolute Gasteiger partial charge is 0.388 e. The minimum atomic E-state index is -0.735. The zero-order chi connectivity index (χ0) is 13.3. The van der Waals surface area contributed by atoms with E-state index in [1.807, 2.05) is 4.90 Å². The fourth-order valence-electron chi connectivity index (χ4n) is 2.15. The van der Waals surface area contributed by atoms with Crippen LogP contribution in [0, 0.1) is 10.1 Å². The third-order valence-corrected chi connectivity index (χ3v) is 3.58. The van der Waals surface area contributed by atoms with Gasteiger partial charge in [-0.15, -0.1) is 0 Å². The topological polar surface area (TPSA) is 79.5 Å². The second kappa shape index (κ2) is 4.81. The van der Waals surface area contributed by atoms with Crippen LogP contribution < -0.4 is 4.90 Å². The van der Waals surface area contributed by atoms with Gasteiger partial charge in [0.2, 0.25) is 0 Å². The summed E-state index contributed by atoms with van der Waals surface area (Å²) in [6.45, 7) is 3.06. The van der Waals surface area contributed by atoms with Gasteiger partial charge in [0.15, 0.2) is 0 Å². The highest BCUT2D eigenvalue weighted by Crippen LogP contribution is 2.31. The molecule has 0 aliphatic carbocycles. The Hall–Kier alpha value is -1.21. The van der Waals surface area contributed by atoms with Crippen LogP contribution in [0.25, 0.3) is 0 Å². The first kappa shape index (κ1) is 13.2. The molecule has 0 bridgehead atoms. The van der Waals surface area contributed by atoms with Crippen LogP contribution in [-0.2, 0) is 0 Å². The number of halogens is 1. The lowest BCUT2D eigenvalue weighted by molar-refractivity contribution is -0.385. The summed E-state index contributed by atoms with van der Waals surface area (Å²) in [7, 11) is 0. The number of aromatic nitrogens is 1. The standard InChI is InChI=1S/C11H14BrN3O3/c1-11(16)3-2-4-14(7-11)10-9(12)5-8(6-13-10)15(17)18/h5-6,16H,2-4,7H2,1H3. The summed E-state index contributed by atoms with van der Waals surface area (Å²) in [5.74, 6) is 0.639. The summed E-state index contributed by atoms with van der Waals surface area (Å²) in [5, 5.41) is 20.7. The third-order valence-electron chi connectivity index (χ3n) is 2.99. The Balaban J connectivity index is 2.26. The smallest absolute Gasteiger partial charge is 0.288 e. The van der Waals surface area contributed by atoms with Crippen molar-refractivity contribution in [1.29, 1.82) is 0 Å². The van der Waals surface area contributed by atoms with E-state index in [-0.39, 0.29) is 5.69 Å². The Morgan fingerprint density at radius 1 is 1.67 bits per heavy atom. The van der Waals surface area contributed by atoms with Crippen LogP contribution in [0.1, 0.15) is 19.8 Å². The number of hydrogen-bond donors (Lipinski definition) is 1. The molecule has 7 heteroatoms. The molecule has 1 aliphatic rings. The molecule has 1 aliphatic heterocycles. The summed E-state index contributed by atoms with van der Waals surface area (Å²) in [5.41, 5.74) is -0.782. The van der Waals surface area contributed by atoms with Crippen molar-refractivity contribution in [3.8, 4) is 0 Å². The minimum absolute atomic E-state index is 0.0469. The molecule has 0 aromatic carbocycles. The second-order valence-electron chi connectivity index (χ2n) is 4.78. The number of rotatable bonds is 2. The molecule has 0 radical (unpaired) electrons. The highest BCUT2D eigenvalue weighted by atomic mass is 79.9. The van der Waals surface area contributed by atoms with Crippen molar-refractivity contribution in [2.75, 3.05) is 18.0 Å². The highest BCUT2D eigenvalue weighted by molar-refractivity contribution is 9.10. The van der Waals surface area contributed by atoms with Gasteiger partial charge in [-0.05, 0) is 35.7 Å². The Labute approximate surface area is 113 Å². The number of aliphatic hydroxyl groups is 1. The summed E-state index contributed by atoms with van der Waals surface area (Å²) >= 11 is 3.30. The lowest BCUT2D eigenvalue weighted by atomic mass is 9.95. The fraction of sp³-hybridized carbons (Fsp3) is 0.545. The molecule has 1 atom stereocenters. The van der Waals surface area contributed by atoms with Gasteiger partial charge < -0.3 is 10.0 Å². The molecule has 1 saturated heterocycles. The van der Waals surface area contributed by atoms with Crippen LogP contribution in [0.4, 0.5) is 11.5 Å². The molecule has 0 amide bonds. The van der Waals surface area contributed by atoms with Crippen LogP contribution in [0.5, 0.6) is 0 Å². The quantitative estimate of drug-likeness (QED) is 0.668. The predicted molar refractivity (Wildman–Crippen MR) is 70.7 cm³/mol. The van der Waals surface area contributed by atoms with Gasteiger partial charge in [-0.25, -0.2) is 4.98 Å². The number of nitrogens with zero attached hydrogens (tertiary/aromatic N) is 3. The monoisotopic (exact) mass is 315 g/mol. The SMILES string of the molecule is CC1(O)CCCN(c2ncc([N+](=O)[O-])cc2Br)C1. The molecule has 1 aromatic rings. The van der Waals surface area contributed by atoms with Gasteiger partial charge in [0.25, 0.3) is 5.69 Å². The van der Waals surface area contributed by atoms with Gasteiger partial charge in [0, 0.05) is 19.2 Å². The van der Waals surface area contributed by atoms with Crippen molar-refractivity contribution in [3.05, 3.63) is 26.9 Å². The molecular weight excluding hydrogens is 302 g/mol. The molecule has 6 nitrogen and oxygen atoms in total. The molecule has 98 valence electrons. The number of piperidine rings is 1. The second-order valence-corrected chi connectivity index (χ2v) is 5.63. The Bertz CT molecular complexity index is 479. The van der Waals surface area contributed by atoms with Crippen LogP contribution in [0.15, 0.2) is 16.7 Å². The van der Waals surface area contributed by atoms with E-state index in [4.69, 9.17) is 0 Å². The van der Waals surface area contributed by atoms with Gasteiger partial charge in [-0.2, -0.15) is 0 Å². The number of pyridine rings is 1. The third kappa shape index (κ3) is 2.78. The van der Waals surface area contributed by atoms with E-state index in [1.165, 1.54) is 12.3 Å². The lowest BCUT2D eigenvalue weighted by Gasteiger charge is -2.37. The van der Waals surface area contributed by atoms with E-state index in [9.17, 15) is 15.2 Å². The average Bonchev–Trinajstić information content (AvgIpc) is 2.27. The molecular formula is C11H14BrN3O3. The summed E-state index contributed by atoms with van der Waals surface area (Å²) in [6.07, 6.45) is 2.87. The van der Waals surface area contributed by atoms with Gasteiger partial charge in [0.1, 0.15) is 12.0 Å². The van der Waals surface area contributed by atoms with E-state index < -0.39 is 10.5 Å². The first-order chi connectivity index (χ1) is 8.39. The van der Waals surface area contributed by atoms with E-state index in [2.05, 4.69) is 20.9 Å². The molecule has 1 N–H and O–H groups in total. The first-order valence-electron chi connectivity index (χ1n) is 5.66. The van der Waals surface area contributed by atoms with E-state index >= 15 is 0 Å². The predicted octanol–water partition coefficient (Wildman–Crippen LogP) is 2.10. The summed E-state index contributed by atoms with van der Waals surface area (Å²) < 4.78 is 0.578. The number of β-amino-alcohol motifs (C(OH)–C–C–N with tert-alkyl or cyclic N) is 1. The molecule has 1 aromatic heterocycles. The molecule has 18 heavy (non-hydrogen) atoms. The van der Waals surface area contributed by atoms with Gasteiger partial charge in [-0.3, -0.25) is 10.1 Å². The van der Waals surface area contributed by atoms with Gasteiger partial charge in [-0.1, -0.05) is 0 Å². The molecule has 1 fully saturated rings. The lowest BCUT2D eigenvalue weighted by Crippen LogP contribution is -2.46. The molecule has 0 saturated carbocycles. The van der Waals surface area contributed by atoms with Crippen molar-refractivity contribution >= 4 is 27.4 Å². The fourth-order valence-corrected chi connectivity index (χ4v) is 2.74. The zero-order valence-corrected chi connectivity index (χ0v) is 11.6. The van der Waals surface area contributed by atoms with Crippen molar-refractivity contribution in [2.45, 2.75) is 25.4 Å². The first-order valence-corrected chi connectivity index (χ1v) is 6.46. The molecule has 2 heterocycles.